The first-order valence-electron chi connectivity index (χ1n) is 4.75. The zero-order valence-corrected chi connectivity index (χ0v) is 8.94. The van der Waals surface area contributed by atoms with Crippen molar-refractivity contribution in [1.82, 2.24) is 9.29 Å². The van der Waals surface area contributed by atoms with Gasteiger partial charge in [0.1, 0.15) is 10.6 Å². The molecule has 0 radical (unpaired) electrons. The predicted molar refractivity (Wildman–Crippen MR) is 53.9 cm³/mol. The molecule has 0 amide bonds. The molecule has 0 atom stereocenters. The summed E-state index contributed by atoms with van der Waals surface area (Å²) in [5, 5.41) is 9.17. The van der Waals surface area contributed by atoms with E-state index in [0.717, 1.165) is 12.8 Å². The highest BCUT2D eigenvalue weighted by molar-refractivity contribution is 7.89. The Labute approximate surface area is 88.4 Å². The summed E-state index contributed by atoms with van der Waals surface area (Å²) in [6, 6.07) is 1.22. The van der Waals surface area contributed by atoms with Crippen LogP contribution < -0.4 is 0 Å². The van der Waals surface area contributed by atoms with Crippen molar-refractivity contribution in [2.24, 2.45) is 0 Å². The zero-order valence-electron chi connectivity index (χ0n) is 8.13. The highest BCUT2D eigenvalue weighted by Crippen LogP contribution is 2.22. The first-order valence-corrected chi connectivity index (χ1v) is 6.19. The maximum Gasteiger partial charge on any atom is 0.244 e. The Hall–Kier alpha value is -1.14. The van der Waals surface area contributed by atoms with Crippen LogP contribution in [0.25, 0.3) is 0 Å². The molecule has 0 bridgehead atoms. The molecule has 0 spiro atoms. The number of nitrogens with zero attached hydrogens (tertiary/aromatic N) is 2. The molecule has 1 saturated heterocycles. The molecular weight excluding hydrogens is 216 g/mol. The van der Waals surface area contributed by atoms with Gasteiger partial charge in [-0.15, -0.1) is 0 Å². The lowest BCUT2D eigenvalue weighted by molar-refractivity contribution is 0.463. The molecule has 82 valence electrons. The fourth-order valence-electron chi connectivity index (χ4n) is 1.63. The molecule has 0 unspecified atom stereocenters. The number of hydrogen-bond donors (Lipinski definition) is 1. The van der Waals surface area contributed by atoms with Gasteiger partial charge >= 0.3 is 0 Å². The van der Waals surface area contributed by atoms with Crippen molar-refractivity contribution in [3.63, 3.8) is 0 Å². The number of pyridine rings is 1. The van der Waals surface area contributed by atoms with E-state index in [1.807, 2.05) is 0 Å². The van der Waals surface area contributed by atoms with Crippen LogP contribution in [0.3, 0.4) is 0 Å². The zero-order chi connectivity index (χ0) is 10.9. The van der Waals surface area contributed by atoms with Crippen LogP contribution in [0, 0.1) is 0 Å². The van der Waals surface area contributed by atoms with Crippen LogP contribution in [0.15, 0.2) is 23.4 Å². The van der Waals surface area contributed by atoms with Crippen LogP contribution in [0.1, 0.15) is 12.8 Å². The van der Waals surface area contributed by atoms with Crippen molar-refractivity contribution in [2.45, 2.75) is 17.7 Å². The molecule has 1 aliphatic rings. The van der Waals surface area contributed by atoms with Crippen LogP contribution in [0.2, 0.25) is 0 Å². The number of aromatic nitrogens is 1. The summed E-state index contributed by atoms with van der Waals surface area (Å²) in [6.45, 7) is 1.11. The van der Waals surface area contributed by atoms with E-state index >= 15 is 0 Å². The Morgan fingerprint density at radius 3 is 2.53 bits per heavy atom. The third-order valence-corrected chi connectivity index (χ3v) is 4.27. The average Bonchev–Trinajstić information content (AvgIpc) is 2.71. The number of rotatable bonds is 2. The Morgan fingerprint density at radius 1 is 1.27 bits per heavy atom. The van der Waals surface area contributed by atoms with Crippen LogP contribution >= 0.6 is 0 Å². The molecule has 15 heavy (non-hydrogen) atoms. The van der Waals surface area contributed by atoms with Crippen molar-refractivity contribution in [3.8, 4) is 5.75 Å². The number of hydrogen-bond acceptors (Lipinski definition) is 4. The van der Waals surface area contributed by atoms with E-state index in [1.165, 1.54) is 22.8 Å². The third kappa shape index (κ3) is 1.95. The minimum atomic E-state index is -3.45. The summed E-state index contributed by atoms with van der Waals surface area (Å²) in [6.07, 6.45) is 4.26. The molecule has 0 saturated carbocycles. The highest BCUT2D eigenvalue weighted by Gasteiger charge is 2.27. The summed E-state index contributed by atoms with van der Waals surface area (Å²) in [5.41, 5.74) is 0. The minimum absolute atomic E-state index is 0.0596. The van der Waals surface area contributed by atoms with E-state index in [0.29, 0.717) is 13.1 Å². The third-order valence-electron chi connectivity index (χ3n) is 2.40. The van der Waals surface area contributed by atoms with Gasteiger partial charge in [-0.1, -0.05) is 0 Å². The smallest absolute Gasteiger partial charge is 0.244 e. The molecule has 1 aliphatic heterocycles. The SMILES string of the molecule is O=S(=O)(c1cncc(O)c1)N1CCCC1. The Balaban J connectivity index is 2.36. The van der Waals surface area contributed by atoms with E-state index in [4.69, 9.17) is 0 Å². The highest BCUT2D eigenvalue weighted by atomic mass is 32.2. The van der Waals surface area contributed by atoms with E-state index < -0.39 is 10.0 Å². The Kier molecular flexibility index (Phi) is 2.62. The largest absolute Gasteiger partial charge is 0.506 e. The quantitative estimate of drug-likeness (QED) is 0.803. The second-order valence-electron chi connectivity index (χ2n) is 3.49. The van der Waals surface area contributed by atoms with E-state index in [-0.39, 0.29) is 10.6 Å². The fraction of sp³-hybridized carbons (Fsp3) is 0.444. The standard InChI is InChI=1S/C9H12N2O3S/c12-8-5-9(7-10-6-8)15(13,14)11-3-1-2-4-11/h5-7,12H,1-4H2. The predicted octanol–water partition coefficient (Wildman–Crippen LogP) is 0.572. The number of sulfonamides is 1. The minimum Gasteiger partial charge on any atom is -0.506 e. The van der Waals surface area contributed by atoms with Crippen molar-refractivity contribution < 1.29 is 13.5 Å². The van der Waals surface area contributed by atoms with Crippen molar-refractivity contribution >= 4 is 10.0 Å². The molecule has 1 aromatic heterocycles. The summed E-state index contributed by atoms with van der Waals surface area (Å²) in [5.74, 6) is -0.129. The second kappa shape index (κ2) is 3.79. The fourth-order valence-corrected chi connectivity index (χ4v) is 3.13. The Morgan fingerprint density at radius 2 is 1.93 bits per heavy atom. The van der Waals surface area contributed by atoms with Gasteiger partial charge in [-0.2, -0.15) is 4.31 Å². The lowest BCUT2D eigenvalue weighted by atomic mass is 10.4. The van der Waals surface area contributed by atoms with Gasteiger partial charge in [0, 0.05) is 25.4 Å². The first-order chi connectivity index (χ1) is 7.10. The van der Waals surface area contributed by atoms with Gasteiger partial charge in [0.15, 0.2) is 0 Å². The molecule has 1 aromatic rings. The molecule has 5 nitrogen and oxygen atoms in total. The van der Waals surface area contributed by atoms with E-state index in [2.05, 4.69) is 4.98 Å². The molecule has 1 fully saturated rings. The molecule has 2 heterocycles. The summed E-state index contributed by atoms with van der Waals surface area (Å²) < 4.78 is 25.3. The topological polar surface area (TPSA) is 70.5 Å². The summed E-state index contributed by atoms with van der Waals surface area (Å²) in [4.78, 5) is 3.73. The van der Waals surface area contributed by atoms with Crippen LogP contribution in [0.5, 0.6) is 5.75 Å². The van der Waals surface area contributed by atoms with Gasteiger partial charge in [-0.3, -0.25) is 4.98 Å². The monoisotopic (exact) mass is 228 g/mol. The molecule has 1 N–H and O–H groups in total. The molecule has 0 aliphatic carbocycles. The Bertz CT molecular complexity index is 452. The average molecular weight is 228 g/mol. The van der Waals surface area contributed by atoms with E-state index in [1.54, 1.807) is 0 Å². The molecular formula is C9H12N2O3S. The van der Waals surface area contributed by atoms with Gasteiger partial charge < -0.3 is 5.11 Å². The van der Waals surface area contributed by atoms with Gasteiger partial charge in [0.2, 0.25) is 10.0 Å². The second-order valence-corrected chi connectivity index (χ2v) is 5.43. The van der Waals surface area contributed by atoms with Gasteiger partial charge in [-0.05, 0) is 12.8 Å². The van der Waals surface area contributed by atoms with E-state index in [9.17, 15) is 13.5 Å². The summed E-state index contributed by atoms with van der Waals surface area (Å²) in [7, 11) is -3.45. The van der Waals surface area contributed by atoms with Crippen molar-refractivity contribution in [3.05, 3.63) is 18.5 Å². The molecule has 0 aromatic carbocycles. The summed E-state index contributed by atoms with van der Waals surface area (Å²) >= 11 is 0. The van der Waals surface area contributed by atoms with Crippen LogP contribution in [-0.2, 0) is 10.0 Å². The van der Waals surface area contributed by atoms with Crippen molar-refractivity contribution in [1.29, 1.82) is 0 Å². The van der Waals surface area contributed by atoms with Gasteiger partial charge in [0.25, 0.3) is 0 Å². The first kappa shape index (κ1) is 10.4. The normalized spacial score (nSPS) is 18.1. The van der Waals surface area contributed by atoms with Crippen LogP contribution in [-0.4, -0.2) is 35.9 Å². The van der Waals surface area contributed by atoms with Gasteiger partial charge in [-0.25, -0.2) is 8.42 Å². The maximum atomic E-state index is 12.0. The van der Waals surface area contributed by atoms with Gasteiger partial charge in [0.05, 0.1) is 6.20 Å². The lowest BCUT2D eigenvalue weighted by Crippen LogP contribution is -2.27. The van der Waals surface area contributed by atoms with Crippen molar-refractivity contribution in [2.75, 3.05) is 13.1 Å². The number of aromatic hydroxyl groups is 1. The maximum absolute atomic E-state index is 12.0. The molecule has 6 heteroatoms. The lowest BCUT2D eigenvalue weighted by Gasteiger charge is -2.14. The van der Waals surface area contributed by atoms with Crippen LogP contribution in [0.4, 0.5) is 0 Å². The molecule has 2 rings (SSSR count).